The Labute approximate surface area is 188 Å². The summed E-state index contributed by atoms with van der Waals surface area (Å²) >= 11 is 0. The van der Waals surface area contributed by atoms with Crippen LogP contribution in [0.25, 0.3) is 0 Å². The minimum Gasteiger partial charge on any atom is -0.469 e. The van der Waals surface area contributed by atoms with Gasteiger partial charge in [-0.25, -0.2) is 0 Å². The zero-order chi connectivity index (χ0) is 21.2. The van der Waals surface area contributed by atoms with Gasteiger partial charge in [0.25, 0.3) is 0 Å². The van der Waals surface area contributed by atoms with Gasteiger partial charge in [-0.3, -0.25) is 4.79 Å². The van der Waals surface area contributed by atoms with Crippen molar-refractivity contribution in [3.05, 3.63) is 60.2 Å². The van der Waals surface area contributed by atoms with Crippen LogP contribution in [0.3, 0.4) is 0 Å². The van der Waals surface area contributed by atoms with Crippen LogP contribution in [0.2, 0.25) is 0 Å². The van der Waals surface area contributed by atoms with E-state index < -0.39 is 0 Å². The molecular formula is C29H38O2. The van der Waals surface area contributed by atoms with Crippen LogP contribution in [0.4, 0.5) is 0 Å². The van der Waals surface area contributed by atoms with Gasteiger partial charge in [-0.15, -0.1) is 0 Å². The normalized spacial score (nSPS) is 36.7. The molecule has 4 aliphatic carbocycles. The van der Waals surface area contributed by atoms with Crippen LogP contribution in [0.1, 0.15) is 56.9 Å². The number of unbranched alkanes of at least 4 members (excludes halogenated alkanes) is 5. The highest BCUT2D eigenvalue weighted by Crippen LogP contribution is 2.67. The average Bonchev–Trinajstić information content (AvgIpc) is 3.15. The molecule has 0 unspecified atom stereocenters. The molecule has 0 aromatic heterocycles. The summed E-state index contributed by atoms with van der Waals surface area (Å²) in [6.45, 7) is 0. The first-order chi connectivity index (χ1) is 15.3. The predicted octanol–water partition coefficient (Wildman–Crippen LogP) is 6.62. The molecule has 4 aliphatic rings. The van der Waals surface area contributed by atoms with Gasteiger partial charge in [0.1, 0.15) is 0 Å². The molecule has 5 rings (SSSR count). The van der Waals surface area contributed by atoms with Crippen molar-refractivity contribution in [2.75, 3.05) is 7.11 Å². The molecule has 0 spiro atoms. The molecule has 0 saturated heterocycles. The van der Waals surface area contributed by atoms with E-state index in [-0.39, 0.29) is 11.9 Å². The van der Waals surface area contributed by atoms with Crippen LogP contribution in [0.15, 0.2) is 54.6 Å². The minimum absolute atomic E-state index is 0.0501. The molecule has 0 amide bonds. The Balaban J connectivity index is 1.04. The van der Waals surface area contributed by atoms with E-state index in [4.69, 9.17) is 4.74 Å². The van der Waals surface area contributed by atoms with Gasteiger partial charge in [-0.05, 0) is 72.7 Å². The Kier molecular flexibility index (Phi) is 6.34. The van der Waals surface area contributed by atoms with Crippen molar-refractivity contribution in [1.82, 2.24) is 0 Å². The van der Waals surface area contributed by atoms with Gasteiger partial charge in [0.05, 0.1) is 13.0 Å². The summed E-state index contributed by atoms with van der Waals surface area (Å²) in [5, 5.41) is 0. The minimum atomic E-state index is -0.0526. The number of benzene rings is 1. The van der Waals surface area contributed by atoms with Gasteiger partial charge in [0.15, 0.2) is 0 Å². The summed E-state index contributed by atoms with van der Waals surface area (Å²) in [5.41, 5.74) is 1.48. The van der Waals surface area contributed by atoms with Crippen molar-refractivity contribution < 1.29 is 9.53 Å². The van der Waals surface area contributed by atoms with Gasteiger partial charge in [-0.1, -0.05) is 86.7 Å². The topological polar surface area (TPSA) is 26.3 Å². The quantitative estimate of drug-likeness (QED) is 0.242. The van der Waals surface area contributed by atoms with E-state index in [1.807, 2.05) is 0 Å². The molecular weight excluding hydrogens is 380 g/mol. The second-order valence-corrected chi connectivity index (χ2v) is 10.5. The standard InChI is InChI=1S/C29H38O2/c1-31-29(30)25-16-15-21-19-26-22(23-17-18-24(25)27(21)28(23)26)14-10-5-3-2-4-7-11-20-12-8-6-9-13-20/h6,8-9,12-13,15-18,21-28H,2-5,7,10-11,14,19H2,1H3/t21-,22-,23-,24+,25-,26+,27-,28-/m1/s1. The van der Waals surface area contributed by atoms with E-state index in [0.29, 0.717) is 17.8 Å². The number of esters is 1. The van der Waals surface area contributed by atoms with E-state index >= 15 is 0 Å². The number of ether oxygens (including phenoxy) is 1. The molecule has 0 radical (unpaired) electrons. The van der Waals surface area contributed by atoms with Crippen molar-refractivity contribution in [3.63, 3.8) is 0 Å². The van der Waals surface area contributed by atoms with Crippen LogP contribution in [0, 0.1) is 47.3 Å². The third-order valence-corrected chi connectivity index (χ3v) is 9.02. The lowest BCUT2D eigenvalue weighted by Gasteiger charge is -2.54. The largest absolute Gasteiger partial charge is 0.469 e. The smallest absolute Gasteiger partial charge is 0.313 e. The number of hydrogen-bond acceptors (Lipinski definition) is 2. The Morgan fingerprint density at radius 2 is 1.61 bits per heavy atom. The number of carbonyl (C=O) groups excluding carboxylic acids is 1. The molecule has 2 fully saturated rings. The molecule has 1 aromatic rings. The summed E-state index contributed by atoms with van der Waals surface area (Å²) in [6, 6.07) is 10.9. The zero-order valence-electron chi connectivity index (χ0n) is 19.0. The number of hydrogen-bond donors (Lipinski definition) is 0. The highest BCUT2D eigenvalue weighted by atomic mass is 16.5. The highest BCUT2D eigenvalue weighted by Gasteiger charge is 2.62. The van der Waals surface area contributed by atoms with Crippen molar-refractivity contribution in [3.8, 4) is 0 Å². The molecule has 0 heterocycles. The highest BCUT2D eigenvalue weighted by molar-refractivity contribution is 5.75. The van der Waals surface area contributed by atoms with Crippen LogP contribution in [-0.4, -0.2) is 13.1 Å². The molecule has 2 heteroatoms. The Morgan fingerprint density at radius 1 is 0.871 bits per heavy atom. The lowest BCUT2D eigenvalue weighted by atomic mass is 9.50. The predicted molar refractivity (Wildman–Crippen MR) is 125 cm³/mol. The molecule has 0 bridgehead atoms. The number of rotatable bonds is 10. The summed E-state index contributed by atoms with van der Waals surface area (Å²) in [4.78, 5) is 12.2. The lowest BCUT2D eigenvalue weighted by molar-refractivity contribution is -0.146. The second kappa shape index (κ2) is 9.35. The molecule has 166 valence electrons. The molecule has 31 heavy (non-hydrogen) atoms. The van der Waals surface area contributed by atoms with Gasteiger partial charge in [-0.2, -0.15) is 0 Å². The van der Waals surface area contributed by atoms with Crippen LogP contribution in [0.5, 0.6) is 0 Å². The van der Waals surface area contributed by atoms with Crippen molar-refractivity contribution in [2.24, 2.45) is 47.3 Å². The SMILES string of the molecule is COC(=O)[C@@H]1C=C[C@@H]2C[C@H]3[C@H](CCCCCCCCc4ccccc4)[C@H]4C=C[C@@H]1[C@@H]2[C@H]43. The summed E-state index contributed by atoms with van der Waals surface area (Å²) < 4.78 is 5.09. The first-order valence-corrected chi connectivity index (χ1v) is 12.8. The van der Waals surface area contributed by atoms with Crippen molar-refractivity contribution in [1.29, 1.82) is 0 Å². The van der Waals surface area contributed by atoms with Gasteiger partial charge in [0.2, 0.25) is 0 Å². The maximum Gasteiger partial charge on any atom is 0.313 e. The van der Waals surface area contributed by atoms with Crippen LogP contribution < -0.4 is 0 Å². The van der Waals surface area contributed by atoms with Crippen LogP contribution in [-0.2, 0) is 16.0 Å². The van der Waals surface area contributed by atoms with Crippen molar-refractivity contribution >= 4 is 5.97 Å². The molecule has 2 saturated carbocycles. The number of allylic oxidation sites excluding steroid dienone is 3. The average molecular weight is 419 g/mol. The maximum atomic E-state index is 12.2. The number of aryl methyl sites for hydroxylation is 1. The lowest BCUT2D eigenvalue weighted by Crippen LogP contribution is -2.50. The summed E-state index contributed by atoms with van der Waals surface area (Å²) in [7, 11) is 1.53. The van der Waals surface area contributed by atoms with Gasteiger partial charge >= 0.3 is 5.97 Å². The Morgan fingerprint density at radius 3 is 2.42 bits per heavy atom. The van der Waals surface area contributed by atoms with Gasteiger partial charge < -0.3 is 4.74 Å². The molecule has 0 aliphatic heterocycles. The molecule has 2 nitrogen and oxygen atoms in total. The first-order valence-electron chi connectivity index (χ1n) is 12.8. The third kappa shape index (κ3) is 4.03. The fraction of sp³-hybridized carbons (Fsp3) is 0.621. The molecule has 0 N–H and O–H groups in total. The third-order valence-electron chi connectivity index (χ3n) is 9.02. The van der Waals surface area contributed by atoms with E-state index in [2.05, 4.69) is 54.6 Å². The van der Waals surface area contributed by atoms with Crippen molar-refractivity contribution in [2.45, 2.75) is 57.8 Å². The monoisotopic (exact) mass is 418 g/mol. The maximum absolute atomic E-state index is 12.2. The number of carbonyl (C=O) groups is 1. The molecule has 1 aromatic carbocycles. The fourth-order valence-corrected chi connectivity index (χ4v) is 7.62. The second-order valence-electron chi connectivity index (χ2n) is 10.5. The Bertz CT molecular complexity index is 809. The van der Waals surface area contributed by atoms with Crippen LogP contribution >= 0.6 is 0 Å². The van der Waals surface area contributed by atoms with E-state index in [0.717, 1.165) is 23.7 Å². The Hall–Kier alpha value is -1.83. The molecule has 8 atom stereocenters. The summed E-state index contributed by atoms with van der Waals surface area (Å²) in [5.74, 6) is 5.08. The zero-order valence-corrected chi connectivity index (χ0v) is 19.0. The van der Waals surface area contributed by atoms with Gasteiger partial charge in [0, 0.05) is 0 Å². The van der Waals surface area contributed by atoms with E-state index in [9.17, 15) is 4.79 Å². The fourth-order valence-electron chi connectivity index (χ4n) is 7.62. The summed E-state index contributed by atoms with van der Waals surface area (Å²) in [6.07, 6.45) is 21.7. The van der Waals surface area contributed by atoms with E-state index in [1.165, 1.54) is 70.5 Å². The van der Waals surface area contributed by atoms with E-state index in [1.54, 1.807) is 0 Å². The first kappa shape index (κ1) is 21.0. The number of methoxy groups -OCH3 is 1.